The highest BCUT2D eigenvalue weighted by atomic mass is 16.2. The maximum absolute atomic E-state index is 11.0. The third-order valence-electron chi connectivity index (χ3n) is 2.49. The van der Waals surface area contributed by atoms with Crippen LogP contribution in [0.5, 0.6) is 0 Å². The van der Waals surface area contributed by atoms with E-state index in [-0.39, 0.29) is 11.9 Å². The van der Waals surface area contributed by atoms with E-state index in [0.29, 0.717) is 0 Å². The molecular formula is C9H18N2O. The molecule has 0 aromatic carbocycles. The number of nitrogens with one attached hydrogen (secondary N) is 1. The minimum atomic E-state index is -0.369. The SMILES string of the molecule is CC(N)C(=O)NCCC1CCC1. The van der Waals surface area contributed by atoms with E-state index in [1.54, 1.807) is 6.92 Å². The highest BCUT2D eigenvalue weighted by Gasteiger charge is 2.17. The van der Waals surface area contributed by atoms with Crippen LogP contribution in [-0.4, -0.2) is 18.5 Å². The Bertz CT molecular complexity index is 153. The van der Waals surface area contributed by atoms with Crippen LogP contribution in [0, 0.1) is 5.92 Å². The van der Waals surface area contributed by atoms with Crippen molar-refractivity contribution in [2.24, 2.45) is 11.7 Å². The molecule has 0 saturated heterocycles. The number of hydrogen-bond acceptors (Lipinski definition) is 2. The van der Waals surface area contributed by atoms with Gasteiger partial charge in [0.1, 0.15) is 0 Å². The fraction of sp³-hybridized carbons (Fsp3) is 0.889. The first-order valence-electron chi connectivity index (χ1n) is 4.73. The summed E-state index contributed by atoms with van der Waals surface area (Å²) in [6.07, 6.45) is 5.17. The van der Waals surface area contributed by atoms with Crippen LogP contribution < -0.4 is 11.1 Å². The number of nitrogens with two attached hydrogens (primary N) is 1. The first-order valence-corrected chi connectivity index (χ1v) is 4.73. The summed E-state index contributed by atoms with van der Waals surface area (Å²) >= 11 is 0. The van der Waals surface area contributed by atoms with Crippen molar-refractivity contribution in [2.45, 2.75) is 38.6 Å². The lowest BCUT2D eigenvalue weighted by molar-refractivity contribution is -0.122. The number of amides is 1. The van der Waals surface area contributed by atoms with Crippen molar-refractivity contribution in [1.29, 1.82) is 0 Å². The van der Waals surface area contributed by atoms with Gasteiger partial charge in [0, 0.05) is 6.54 Å². The Morgan fingerprint density at radius 3 is 2.75 bits per heavy atom. The van der Waals surface area contributed by atoms with E-state index in [0.717, 1.165) is 18.9 Å². The second-order valence-corrected chi connectivity index (χ2v) is 3.67. The van der Waals surface area contributed by atoms with Gasteiger partial charge in [-0.1, -0.05) is 19.3 Å². The van der Waals surface area contributed by atoms with Gasteiger partial charge in [-0.25, -0.2) is 0 Å². The number of hydrogen-bond donors (Lipinski definition) is 2. The van der Waals surface area contributed by atoms with Gasteiger partial charge >= 0.3 is 0 Å². The van der Waals surface area contributed by atoms with Gasteiger partial charge in [-0.2, -0.15) is 0 Å². The van der Waals surface area contributed by atoms with Crippen LogP contribution >= 0.6 is 0 Å². The molecule has 0 spiro atoms. The minimum Gasteiger partial charge on any atom is -0.355 e. The van der Waals surface area contributed by atoms with Gasteiger partial charge in [-0.3, -0.25) is 4.79 Å². The lowest BCUT2D eigenvalue weighted by Gasteiger charge is -2.25. The summed E-state index contributed by atoms with van der Waals surface area (Å²) in [5, 5.41) is 2.82. The van der Waals surface area contributed by atoms with E-state index in [2.05, 4.69) is 5.32 Å². The molecule has 1 saturated carbocycles. The Kier molecular flexibility index (Phi) is 3.53. The van der Waals surface area contributed by atoms with E-state index in [9.17, 15) is 4.79 Å². The largest absolute Gasteiger partial charge is 0.355 e. The van der Waals surface area contributed by atoms with E-state index >= 15 is 0 Å². The topological polar surface area (TPSA) is 55.1 Å². The van der Waals surface area contributed by atoms with Crippen molar-refractivity contribution in [2.75, 3.05) is 6.54 Å². The summed E-state index contributed by atoms with van der Waals surface area (Å²) in [6.45, 7) is 2.50. The van der Waals surface area contributed by atoms with Crippen LogP contribution in [0.15, 0.2) is 0 Å². The van der Waals surface area contributed by atoms with Crippen LogP contribution in [0.25, 0.3) is 0 Å². The molecule has 1 aliphatic rings. The summed E-state index contributed by atoms with van der Waals surface area (Å²) < 4.78 is 0. The van der Waals surface area contributed by atoms with Gasteiger partial charge in [-0.05, 0) is 19.3 Å². The Labute approximate surface area is 73.7 Å². The monoisotopic (exact) mass is 170 g/mol. The molecular weight excluding hydrogens is 152 g/mol. The highest BCUT2D eigenvalue weighted by Crippen LogP contribution is 2.28. The van der Waals surface area contributed by atoms with Crippen molar-refractivity contribution in [3.8, 4) is 0 Å². The smallest absolute Gasteiger partial charge is 0.236 e. The van der Waals surface area contributed by atoms with Crippen molar-refractivity contribution < 1.29 is 4.79 Å². The fourth-order valence-corrected chi connectivity index (χ4v) is 1.34. The molecule has 3 heteroatoms. The van der Waals surface area contributed by atoms with E-state index < -0.39 is 0 Å². The second kappa shape index (κ2) is 4.45. The molecule has 1 aliphatic carbocycles. The quantitative estimate of drug-likeness (QED) is 0.650. The number of carbonyl (C=O) groups is 1. The molecule has 0 aliphatic heterocycles. The fourth-order valence-electron chi connectivity index (χ4n) is 1.34. The molecule has 12 heavy (non-hydrogen) atoms. The standard InChI is InChI=1S/C9H18N2O/c1-7(10)9(12)11-6-5-8-3-2-4-8/h7-8H,2-6,10H2,1H3,(H,11,12). The maximum atomic E-state index is 11.0. The summed E-state index contributed by atoms with van der Waals surface area (Å²) in [5.41, 5.74) is 5.39. The molecule has 3 nitrogen and oxygen atoms in total. The molecule has 1 atom stereocenters. The zero-order valence-electron chi connectivity index (χ0n) is 7.68. The van der Waals surface area contributed by atoms with Gasteiger partial charge in [-0.15, -0.1) is 0 Å². The zero-order chi connectivity index (χ0) is 8.97. The Balaban J connectivity index is 1.97. The molecule has 0 aromatic heterocycles. The minimum absolute atomic E-state index is 0.0330. The maximum Gasteiger partial charge on any atom is 0.236 e. The Morgan fingerprint density at radius 1 is 1.67 bits per heavy atom. The third-order valence-corrected chi connectivity index (χ3v) is 2.49. The first-order chi connectivity index (χ1) is 5.70. The van der Waals surface area contributed by atoms with Gasteiger partial charge in [0.25, 0.3) is 0 Å². The lowest BCUT2D eigenvalue weighted by atomic mass is 9.83. The molecule has 0 bridgehead atoms. The normalized spacial score (nSPS) is 19.8. The average molecular weight is 170 g/mol. The second-order valence-electron chi connectivity index (χ2n) is 3.67. The highest BCUT2D eigenvalue weighted by molar-refractivity contribution is 5.80. The van der Waals surface area contributed by atoms with Crippen molar-refractivity contribution in [3.63, 3.8) is 0 Å². The molecule has 1 fully saturated rings. The zero-order valence-corrected chi connectivity index (χ0v) is 7.68. The molecule has 1 amide bonds. The van der Waals surface area contributed by atoms with Gasteiger partial charge in [0.15, 0.2) is 0 Å². The molecule has 1 rings (SSSR count). The van der Waals surface area contributed by atoms with Crippen LogP contribution in [0.3, 0.4) is 0 Å². The van der Waals surface area contributed by atoms with Crippen molar-refractivity contribution in [1.82, 2.24) is 5.32 Å². The van der Waals surface area contributed by atoms with Gasteiger partial charge in [0.2, 0.25) is 5.91 Å². The predicted molar refractivity (Wildman–Crippen MR) is 48.6 cm³/mol. The average Bonchev–Trinajstić information content (AvgIpc) is 1.93. The number of rotatable bonds is 4. The summed E-state index contributed by atoms with van der Waals surface area (Å²) in [5.74, 6) is 0.827. The summed E-state index contributed by atoms with van der Waals surface area (Å²) in [4.78, 5) is 11.0. The van der Waals surface area contributed by atoms with Crippen molar-refractivity contribution in [3.05, 3.63) is 0 Å². The molecule has 0 aromatic rings. The van der Waals surface area contributed by atoms with Gasteiger partial charge < -0.3 is 11.1 Å². The van der Waals surface area contributed by atoms with Crippen LogP contribution in [0.2, 0.25) is 0 Å². The third kappa shape index (κ3) is 2.81. The van der Waals surface area contributed by atoms with E-state index in [1.807, 2.05) is 0 Å². The first kappa shape index (κ1) is 9.52. The number of carbonyl (C=O) groups excluding carboxylic acids is 1. The van der Waals surface area contributed by atoms with Crippen LogP contribution in [0.1, 0.15) is 32.6 Å². The molecule has 0 radical (unpaired) electrons. The molecule has 3 N–H and O–H groups in total. The molecule has 70 valence electrons. The van der Waals surface area contributed by atoms with E-state index in [1.165, 1.54) is 19.3 Å². The Hall–Kier alpha value is -0.570. The van der Waals surface area contributed by atoms with Crippen LogP contribution in [0.4, 0.5) is 0 Å². The predicted octanol–water partition coefficient (Wildman–Crippen LogP) is 0.640. The van der Waals surface area contributed by atoms with Crippen molar-refractivity contribution >= 4 is 5.91 Å². The van der Waals surface area contributed by atoms with Gasteiger partial charge in [0.05, 0.1) is 6.04 Å². The van der Waals surface area contributed by atoms with Crippen LogP contribution in [-0.2, 0) is 4.79 Å². The van der Waals surface area contributed by atoms with E-state index in [4.69, 9.17) is 5.73 Å². The summed E-state index contributed by atoms with van der Waals surface area (Å²) in [7, 11) is 0. The molecule has 0 heterocycles. The summed E-state index contributed by atoms with van der Waals surface area (Å²) in [6, 6.07) is -0.369. The lowest BCUT2D eigenvalue weighted by Crippen LogP contribution is -2.39. The Morgan fingerprint density at radius 2 is 2.33 bits per heavy atom. The molecule has 1 unspecified atom stereocenters.